The van der Waals surface area contributed by atoms with Gasteiger partial charge in [-0.3, -0.25) is 4.79 Å². The summed E-state index contributed by atoms with van der Waals surface area (Å²) in [6.07, 6.45) is 1.16. The summed E-state index contributed by atoms with van der Waals surface area (Å²) >= 11 is 0. The lowest BCUT2D eigenvalue weighted by Crippen LogP contribution is -2.51. The summed E-state index contributed by atoms with van der Waals surface area (Å²) in [6.45, 7) is 5.04. The van der Waals surface area contributed by atoms with Crippen LogP contribution < -0.4 is 10.1 Å². The van der Waals surface area contributed by atoms with Gasteiger partial charge in [0.05, 0.1) is 12.1 Å². The molecule has 2 aromatic rings. The second-order valence-corrected chi connectivity index (χ2v) is 7.14. The van der Waals surface area contributed by atoms with E-state index in [1.54, 1.807) is 30.3 Å². The van der Waals surface area contributed by atoms with Crippen LogP contribution in [0.25, 0.3) is 0 Å². The quantitative estimate of drug-likeness (QED) is 0.848. The highest BCUT2D eigenvalue weighted by molar-refractivity contribution is 5.98. The predicted molar refractivity (Wildman–Crippen MR) is 105 cm³/mol. The maximum atomic E-state index is 12.8. The van der Waals surface area contributed by atoms with Crippen LogP contribution in [0.3, 0.4) is 0 Å². The molecule has 6 nitrogen and oxygen atoms in total. The van der Waals surface area contributed by atoms with Gasteiger partial charge in [0, 0.05) is 26.2 Å². The molecule has 1 saturated heterocycles. The molecule has 0 radical (unpaired) electrons. The van der Waals surface area contributed by atoms with Crippen LogP contribution in [0.1, 0.15) is 42.1 Å². The van der Waals surface area contributed by atoms with Gasteiger partial charge in [0.25, 0.3) is 5.91 Å². The molecule has 0 saturated carbocycles. The van der Waals surface area contributed by atoms with Gasteiger partial charge in [0.2, 0.25) is 0 Å². The molecule has 1 aromatic carbocycles. The fourth-order valence-corrected chi connectivity index (χ4v) is 3.30. The van der Waals surface area contributed by atoms with Gasteiger partial charge in [-0.05, 0) is 35.7 Å². The monoisotopic (exact) mass is 369 g/mol. The summed E-state index contributed by atoms with van der Waals surface area (Å²) < 4.78 is 6.02. The molecular weight excluding hydrogens is 342 g/mol. The van der Waals surface area contributed by atoms with Crippen LogP contribution in [0.2, 0.25) is 0 Å². The van der Waals surface area contributed by atoms with E-state index in [2.05, 4.69) is 30.2 Å². The van der Waals surface area contributed by atoms with Gasteiger partial charge in [-0.15, -0.1) is 0 Å². The van der Waals surface area contributed by atoms with E-state index in [1.165, 1.54) is 5.56 Å². The van der Waals surface area contributed by atoms with Crippen molar-refractivity contribution in [3.8, 4) is 5.75 Å². The van der Waals surface area contributed by atoms with Crippen LogP contribution in [0.15, 0.2) is 42.6 Å². The molecule has 144 valence electrons. The standard InChI is InChI=1S/C21H27N3O3/c1-14(2)15-6-4-7-16(12-15)27-19-9-11-24(13-18(19)25)21(26)17-8-5-10-23-20(17)22-3/h4-8,10,12,14,18-19,25H,9,11,13H2,1-3H3,(H,22,23)/t18-,19-/m1/s1. The van der Waals surface area contributed by atoms with Gasteiger partial charge in [0.15, 0.2) is 0 Å². The number of rotatable bonds is 5. The molecule has 2 heterocycles. The molecule has 1 aromatic heterocycles. The maximum absolute atomic E-state index is 12.8. The summed E-state index contributed by atoms with van der Waals surface area (Å²) in [6, 6.07) is 11.4. The van der Waals surface area contributed by atoms with Crippen molar-refractivity contribution in [2.45, 2.75) is 38.4 Å². The van der Waals surface area contributed by atoms with Crippen molar-refractivity contribution in [2.24, 2.45) is 0 Å². The highest BCUT2D eigenvalue weighted by Gasteiger charge is 2.32. The van der Waals surface area contributed by atoms with Crippen molar-refractivity contribution in [2.75, 3.05) is 25.5 Å². The first-order valence-electron chi connectivity index (χ1n) is 9.36. The Morgan fingerprint density at radius 3 is 2.85 bits per heavy atom. The van der Waals surface area contributed by atoms with Crippen molar-refractivity contribution < 1.29 is 14.6 Å². The van der Waals surface area contributed by atoms with Gasteiger partial charge in [-0.1, -0.05) is 26.0 Å². The van der Waals surface area contributed by atoms with E-state index in [0.29, 0.717) is 30.3 Å². The number of aliphatic hydroxyl groups is 1. The van der Waals surface area contributed by atoms with E-state index in [9.17, 15) is 9.90 Å². The second kappa shape index (κ2) is 8.39. The topological polar surface area (TPSA) is 74.7 Å². The van der Waals surface area contributed by atoms with Crippen LogP contribution in [-0.2, 0) is 0 Å². The number of benzene rings is 1. The summed E-state index contributed by atoms with van der Waals surface area (Å²) in [7, 11) is 1.74. The van der Waals surface area contributed by atoms with Gasteiger partial charge in [-0.2, -0.15) is 0 Å². The number of amides is 1. The van der Waals surface area contributed by atoms with Crippen LogP contribution >= 0.6 is 0 Å². The Balaban J connectivity index is 1.65. The van der Waals surface area contributed by atoms with Gasteiger partial charge >= 0.3 is 0 Å². The Labute approximate surface area is 160 Å². The molecule has 1 aliphatic heterocycles. The summed E-state index contributed by atoms with van der Waals surface area (Å²) in [5, 5.41) is 13.5. The molecule has 0 spiro atoms. The lowest BCUT2D eigenvalue weighted by molar-refractivity contribution is -0.0199. The van der Waals surface area contributed by atoms with Gasteiger partial charge < -0.3 is 20.1 Å². The first kappa shape index (κ1) is 19.2. The predicted octanol–water partition coefficient (Wildman–Crippen LogP) is 2.90. The molecule has 0 unspecified atom stereocenters. The Hall–Kier alpha value is -2.60. The highest BCUT2D eigenvalue weighted by Crippen LogP contribution is 2.25. The van der Waals surface area contributed by atoms with E-state index < -0.39 is 6.10 Å². The van der Waals surface area contributed by atoms with Crippen molar-refractivity contribution >= 4 is 11.7 Å². The average molecular weight is 369 g/mol. The first-order chi connectivity index (χ1) is 13.0. The summed E-state index contributed by atoms with van der Waals surface area (Å²) in [5.41, 5.74) is 1.71. The van der Waals surface area contributed by atoms with Crippen LogP contribution in [0.5, 0.6) is 5.75 Å². The fraction of sp³-hybridized carbons (Fsp3) is 0.429. The number of pyridine rings is 1. The number of hydrogen-bond donors (Lipinski definition) is 2. The number of likely N-dealkylation sites (tertiary alicyclic amines) is 1. The lowest BCUT2D eigenvalue weighted by Gasteiger charge is -2.36. The highest BCUT2D eigenvalue weighted by atomic mass is 16.5. The summed E-state index contributed by atoms with van der Waals surface area (Å²) in [4.78, 5) is 18.6. The Bertz CT molecular complexity index is 794. The van der Waals surface area contributed by atoms with Crippen molar-refractivity contribution in [1.29, 1.82) is 0 Å². The van der Waals surface area contributed by atoms with E-state index in [0.717, 1.165) is 5.75 Å². The fourth-order valence-electron chi connectivity index (χ4n) is 3.30. The zero-order valence-corrected chi connectivity index (χ0v) is 16.1. The largest absolute Gasteiger partial charge is 0.488 e. The normalized spacial score (nSPS) is 19.8. The van der Waals surface area contributed by atoms with E-state index >= 15 is 0 Å². The van der Waals surface area contributed by atoms with Gasteiger partial charge in [-0.25, -0.2) is 4.98 Å². The molecular formula is C21H27N3O3. The number of nitrogens with zero attached hydrogens (tertiary/aromatic N) is 2. The number of anilines is 1. The molecule has 27 heavy (non-hydrogen) atoms. The maximum Gasteiger partial charge on any atom is 0.257 e. The number of nitrogens with one attached hydrogen (secondary N) is 1. The SMILES string of the molecule is CNc1ncccc1C(=O)N1CC[C@@H](Oc2cccc(C(C)C)c2)[C@H](O)C1. The Morgan fingerprint density at radius 1 is 1.33 bits per heavy atom. The minimum atomic E-state index is -0.736. The van der Waals surface area contributed by atoms with E-state index in [4.69, 9.17) is 4.74 Å². The number of carbonyl (C=O) groups is 1. The molecule has 6 heteroatoms. The second-order valence-electron chi connectivity index (χ2n) is 7.14. The molecule has 1 aliphatic rings. The van der Waals surface area contributed by atoms with E-state index in [-0.39, 0.29) is 18.6 Å². The van der Waals surface area contributed by atoms with Crippen LogP contribution in [0, 0.1) is 0 Å². The van der Waals surface area contributed by atoms with Crippen molar-refractivity contribution in [3.63, 3.8) is 0 Å². The zero-order valence-electron chi connectivity index (χ0n) is 16.1. The Kier molecular flexibility index (Phi) is 5.96. The van der Waals surface area contributed by atoms with Crippen molar-refractivity contribution in [1.82, 2.24) is 9.88 Å². The van der Waals surface area contributed by atoms with Crippen molar-refractivity contribution in [3.05, 3.63) is 53.7 Å². The third kappa shape index (κ3) is 4.39. The number of carbonyl (C=O) groups excluding carboxylic acids is 1. The third-order valence-corrected chi connectivity index (χ3v) is 4.89. The number of aromatic nitrogens is 1. The molecule has 3 rings (SSSR count). The molecule has 1 fully saturated rings. The minimum absolute atomic E-state index is 0.133. The molecule has 1 amide bonds. The number of ether oxygens (including phenoxy) is 1. The molecule has 2 atom stereocenters. The first-order valence-corrected chi connectivity index (χ1v) is 9.36. The number of hydrogen-bond acceptors (Lipinski definition) is 5. The third-order valence-electron chi connectivity index (χ3n) is 4.89. The Morgan fingerprint density at radius 2 is 2.15 bits per heavy atom. The minimum Gasteiger partial charge on any atom is -0.488 e. The zero-order chi connectivity index (χ0) is 19.4. The smallest absolute Gasteiger partial charge is 0.257 e. The lowest BCUT2D eigenvalue weighted by atomic mass is 10.0. The average Bonchev–Trinajstić information content (AvgIpc) is 2.69. The van der Waals surface area contributed by atoms with Crippen LogP contribution in [0.4, 0.5) is 5.82 Å². The molecule has 0 bridgehead atoms. The number of piperidine rings is 1. The molecule has 2 N–H and O–H groups in total. The van der Waals surface area contributed by atoms with E-state index in [1.807, 2.05) is 18.2 Å². The summed E-state index contributed by atoms with van der Waals surface area (Å²) in [5.74, 6) is 1.58. The van der Waals surface area contributed by atoms with Crippen LogP contribution in [-0.4, -0.2) is 53.2 Å². The molecule has 0 aliphatic carbocycles. The van der Waals surface area contributed by atoms with Gasteiger partial charge in [0.1, 0.15) is 23.8 Å². The number of aliphatic hydroxyl groups excluding tert-OH is 1. The number of β-amino-alcohol motifs (C(OH)–C–C–N with tert-alkyl or cyclic N) is 1.